The Balaban J connectivity index is 1.57. The van der Waals surface area contributed by atoms with Crippen molar-refractivity contribution in [3.63, 3.8) is 0 Å². The van der Waals surface area contributed by atoms with Gasteiger partial charge in [-0.1, -0.05) is 5.92 Å². The second-order valence-electron chi connectivity index (χ2n) is 9.20. The Morgan fingerprint density at radius 1 is 1.16 bits per heavy atom. The maximum atomic E-state index is 13.5. The van der Waals surface area contributed by atoms with Crippen molar-refractivity contribution in [1.82, 2.24) is 10.2 Å². The fourth-order valence-electron chi connectivity index (χ4n) is 4.64. The number of halogens is 1. The van der Waals surface area contributed by atoms with Gasteiger partial charge in [-0.3, -0.25) is 9.59 Å². The second kappa shape index (κ2) is 9.88. The molecular formula is C24H32FN3O4. The largest absolute Gasteiger partial charge is 0.380 e. The molecule has 2 fully saturated rings. The lowest BCUT2D eigenvalue weighted by Crippen LogP contribution is -2.58. The standard InChI is InChI=1S/C24H32FN3O4/c1-4-16-15-18(25)7-8-19(16)27-13-9-17(10-14-27)24(2,3)26-22(31)20(29)21(30)23(32)28-11-5-6-12-28/h1,7-8,15,17,20-21,29-30H,5-6,9-14H2,2-3H3,(H,26,31)/t20-,21-/m1/s1. The molecule has 7 nitrogen and oxygen atoms in total. The highest BCUT2D eigenvalue weighted by atomic mass is 19.1. The Hall–Kier alpha value is -2.63. The number of rotatable bonds is 6. The summed E-state index contributed by atoms with van der Waals surface area (Å²) in [5.74, 6) is 0.899. The zero-order valence-corrected chi connectivity index (χ0v) is 18.7. The van der Waals surface area contributed by atoms with Gasteiger partial charge in [-0.2, -0.15) is 0 Å². The number of amides is 2. The Bertz CT molecular complexity index is 884. The van der Waals surface area contributed by atoms with Crippen LogP contribution in [0.2, 0.25) is 0 Å². The molecule has 8 heteroatoms. The predicted molar refractivity (Wildman–Crippen MR) is 119 cm³/mol. The number of hydrogen-bond donors (Lipinski definition) is 3. The summed E-state index contributed by atoms with van der Waals surface area (Å²) in [5, 5.41) is 23.3. The van der Waals surface area contributed by atoms with E-state index in [1.807, 2.05) is 13.8 Å². The summed E-state index contributed by atoms with van der Waals surface area (Å²) in [4.78, 5) is 28.5. The number of likely N-dealkylation sites (tertiary alicyclic amines) is 1. The molecule has 0 unspecified atom stereocenters. The molecule has 2 heterocycles. The third kappa shape index (κ3) is 5.22. The van der Waals surface area contributed by atoms with E-state index in [4.69, 9.17) is 6.42 Å². The van der Waals surface area contributed by atoms with Gasteiger partial charge in [0.1, 0.15) is 5.82 Å². The second-order valence-corrected chi connectivity index (χ2v) is 9.20. The van der Waals surface area contributed by atoms with Gasteiger partial charge in [0.25, 0.3) is 11.8 Å². The summed E-state index contributed by atoms with van der Waals surface area (Å²) in [6.45, 7) is 6.17. The normalized spacial score (nSPS) is 19.4. The lowest BCUT2D eigenvalue weighted by molar-refractivity contribution is -0.153. The number of hydrogen-bond acceptors (Lipinski definition) is 5. The number of terminal acetylenes is 1. The maximum Gasteiger partial charge on any atom is 0.254 e. The number of nitrogens with one attached hydrogen (secondary N) is 1. The van der Waals surface area contributed by atoms with Gasteiger partial charge in [-0.25, -0.2) is 4.39 Å². The monoisotopic (exact) mass is 445 g/mol. The van der Waals surface area contributed by atoms with E-state index in [1.165, 1.54) is 17.0 Å². The number of carbonyl (C=O) groups excluding carboxylic acids is 2. The van der Waals surface area contributed by atoms with E-state index in [2.05, 4.69) is 16.1 Å². The average Bonchev–Trinajstić information content (AvgIpc) is 3.32. The van der Waals surface area contributed by atoms with Gasteiger partial charge in [-0.15, -0.1) is 6.42 Å². The first-order chi connectivity index (χ1) is 15.1. The number of piperidine rings is 1. The van der Waals surface area contributed by atoms with Crippen LogP contribution in [0.3, 0.4) is 0 Å². The summed E-state index contributed by atoms with van der Waals surface area (Å²) in [6, 6.07) is 4.43. The van der Waals surface area contributed by atoms with Crippen LogP contribution in [0.4, 0.5) is 10.1 Å². The van der Waals surface area contributed by atoms with Crippen LogP contribution in [0.5, 0.6) is 0 Å². The van der Waals surface area contributed by atoms with Crippen molar-refractivity contribution >= 4 is 17.5 Å². The molecule has 0 spiro atoms. The van der Waals surface area contributed by atoms with Crippen molar-refractivity contribution in [3.8, 4) is 12.3 Å². The predicted octanol–water partition coefficient (Wildman–Crippen LogP) is 1.26. The molecule has 32 heavy (non-hydrogen) atoms. The fourth-order valence-corrected chi connectivity index (χ4v) is 4.64. The van der Waals surface area contributed by atoms with Crippen molar-refractivity contribution in [1.29, 1.82) is 0 Å². The van der Waals surface area contributed by atoms with E-state index in [0.717, 1.165) is 31.4 Å². The van der Waals surface area contributed by atoms with Gasteiger partial charge >= 0.3 is 0 Å². The highest BCUT2D eigenvalue weighted by molar-refractivity contribution is 5.91. The minimum atomic E-state index is -1.82. The Labute approximate surface area is 188 Å². The Kier molecular flexibility index (Phi) is 7.42. The van der Waals surface area contributed by atoms with Crippen LogP contribution >= 0.6 is 0 Å². The summed E-state index contributed by atoms with van der Waals surface area (Å²) in [7, 11) is 0. The minimum absolute atomic E-state index is 0.107. The lowest BCUT2D eigenvalue weighted by Gasteiger charge is -2.42. The van der Waals surface area contributed by atoms with Gasteiger partial charge < -0.3 is 25.3 Å². The molecule has 0 radical (unpaired) electrons. The summed E-state index contributed by atoms with van der Waals surface area (Å²) in [5.41, 5.74) is 0.669. The van der Waals surface area contributed by atoms with Gasteiger partial charge in [0.05, 0.1) is 11.3 Å². The van der Waals surface area contributed by atoms with Crippen molar-refractivity contribution in [2.24, 2.45) is 5.92 Å². The van der Waals surface area contributed by atoms with E-state index in [0.29, 0.717) is 31.7 Å². The number of anilines is 1. The number of carbonyl (C=O) groups is 2. The Morgan fingerprint density at radius 3 is 2.38 bits per heavy atom. The molecule has 1 aromatic rings. The van der Waals surface area contributed by atoms with Crippen LogP contribution in [0, 0.1) is 24.1 Å². The molecule has 2 aliphatic heterocycles. The molecule has 2 saturated heterocycles. The maximum absolute atomic E-state index is 13.5. The molecule has 2 amide bonds. The Morgan fingerprint density at radius 2 is 1.78 bits per heavy atom. The third-order valence-corrected chi connectivity index (χ3v) is 6.65. The van der Waals surface area contributed by atoms with Crippen molar-refractivity contribution < 1.29 is 24.2 Å². The van der Waals surface area contributed by atoms with Gasteiger partial charge in [0.2, 0.25) is 0 Å². The number of aliphatic hydroxyl groups is 2. The van der Waals surface area contributed by atoms with Crippen LogP contribution in [0.1, 0.15) is 45.1 Å². The van der Waals surface area contributed by atoms with Gasteiger partial charge in [-0.05, 0) is 63.6 Å². The molecule has 3 rings (SSSR count). The summed E-state index contributed by atoms with van der Waals surface area (Å²) in [6.07, 6.45) is 5.15. The van der Waals surface area contributed by atoms with E-state index in [9.17, 15) is 24.2 Å². The SMILES string of the molecule is C#Cc1cc(F)ccc1N1CCC(C(C)(C)NC(=O)[C@H](O)[C@@H](O)C(=O)N2CCCC2)CC1. The van der Waals surface area contributed by atoms with Crippen molar-refractivity contribution in [2.45, 2.75) is 57.3 Å². The molecular weight excluding hydrogens is 413 g/mol. The fraction of sp³-hybridized carbons (Fsp3) is 0.583. The molecule has 0 aliphatic carbocycles. The van der Waals surface area contributed by atoms with Crippen LogP contribution in [-0.4, -0.2) is 70.9 Å². The highest BCUT2D eigenvalue weighted by Crippen LogP contribution is 2.32. The van der Waals surface area contributed by atoms with Crippen molar-refractivity contribution in [2.75, 3.05) is 31.1 Å². The molecule has 0 saturated carbocycles. The van der Waals surface area contributed by atoms with E-state index < -0.39 is 29.6 Å². The minimum Gasteiger partial charge on any atom is -0.380 e. The molecule has 174 valence electrons. The van der Waals surface area contributed by atoms with Gasteiger partial charge in [0, 0.05) is 31.7 Å². The zero-order chi connectivity index (χ0) is 23.5. The highest BCUT2D eigenvalue weighted by Gasteiger charge is 2.39. The number of benzene rings is 1. The molecule has 3 N–H and O–H groups in total. The van der Waals surface area contributed by atoms with Gasteiger partial charge in [0.15, 0.2) is 12.2 Å². The smallest absolute Gasteiger partial charge is 0.254 e. The third-order valence-electron chi connectivity index (χ3n) is 6.65. The van der Waals surface area contributed by atoms with Crippen molar-refractivity contribution in [3.05, 3.63) is 29.6 Å². The van der Waals surface area contributed by atoms with E-state index in [-0.39, 0.29) is 11.7 Å². The first-order valence-corrected chi connectivity index (χ1v) is 11.1. The quantitative estimate of drug-likeness (QED) is 0.574. The summed E-state index contributed by atoms with van der Waals surface area (Å²) < 4.78 is 13.5. The van der Waals surface area contributed by atoms with Crippen LogP contribution < -0.4 is 10.2 Å². The molecule has 0 bridgehead atoms. The summed E-state index contributed by atoms with van der Waals surface area (Å²) >= 11 is 0. The van der Waals surface area contributed by atoms with E-state index in [1.54, 1.807) is 6.07 Å². The molecule has 0 aromatic heterocycles. The van der Waals surface area contributed by atoms with Crippen LogP contribution in [0.25, 0.3) is 0 Å². The molecule has 2 atom stereocenters. The average molecular weight is 446 g/mol. The topological polar surface area (TPSA) is 93.1 Å². The first kappa shape index (κ1) is 24.0. The molecule has 2 aliphatic rings. The lowest BCUT2D eigenvalue weighted by atomic mass is 9.80. The number of nitrogens with zero attached hydrogens (tertiary/aromatic N) is 2. The number of aliphatic hydroxyl groups excluding tert-OH is 2. The van der Waals surface area contributed by atoms with E-state index >= 15 is 0 Å². The first-order valence-electron chi connectivity index (χ1n) is 11.1. The van der Waals surface area contributed by atoms with Crippen LogP contribution in [0.15, 0.2) is 18.2 Å². The zero-order valence-electron chi connectivity index (χ0n) is 18.7. The molecule has 1 aromatic carbocycles. The van der Waals surface area contributed by atoms with Crippen LogP contribution in [-0.2, 0) is 9.59 Å².